The van der Waals surface area contributed by atoms with Crippen LogP contribution in [-0.4, -0.2) is 38.9 Å². The zero-order valence-corrected chi connectivity index (χ0v) is 9.06. The Bertz CT molecular complexity index is 305. The minimum atomic E-state index is -0.708. The molecule has 0 unspecified atom stereocenters. The van der Waals surface area contributed by atoms with E-state index in [1.165, 1.54) is 0 Å². The summed E-state index contributed by atoms with van der Waals surface area (Å²) in [5.41, 5.74) is -0.708. The van der Waals surface area contributed by atoms with Crippen molar-refractivity contribution in [1.82, 2.24) is 9.97 Å². The van der Waals surface area contributed by atoms with Gasteiger partial charge in [-0.2, -0.15) is 0 Å². The Balaban J connectivity index is 2.82. The van der Waals surface area contributed by atoms with Gasteiger partial charge in [0.1, 0.15) is 11.6 Å². The second-order valence-electron chi connectivity index (χ2n) is 3.56. The van der Waals surface area contributed by atoms with Crippen LogP contribution in [0.25, 0.3) is 0 Å². The topological polar surface area (TPSA) is 78.3 Å². The van der Waals surface area contributed by atoms with Crippen molar-refractivity contribution in [2.75, 3.05) is 18.5 Å². The van der Waals surface area contributed by atoms with Crippen molar-refractivity contribution in [3.63, 3.8) is 0 Å². The number of nitrogens with one attached hydrogen (secondary N) is 1. The first kappa shape index (κ1) is 11.9. The molecule has 0 aliphatic rings. The van der Waals surface area contributed by atoms with Crippen molar-refractivity contribution in [1.29, 1.82) is 0 Å². The van der Waals surface area contributed by atoms with Gasteiger partial charge in [-0.1, -0.05) is 6.92 Å². The first-order chi connectivity index (χ1) is 7.15. The summed E-state index contributed by atoms with van der Waals surface area (Å²) in [6.07, 6.45) is 2.25. The van der Waals surface area contributed by atoms with Crippen LogP contribution < -0.4 is 5.32 Å². The van der Waals surface area contributed by atoms with Gasteiger partial charge in [-0.25, -0.2) is 9.97 Å². The normalized spacial score (nSPS) is 11.5. The van der Waals surface area contributed by atoms with Crippen molar-refractivity contribution >= 4 is 5.82 Å². The lowest BCUT2D eigenvalue weighted by Gasteiger charge is -2.30. The quantitative estimate of drug-likeness (QED) is 0.654. The monoisotopic (exact) mass is 211 g/mol. The summed E-state index contributed by atoms with van der Waals surface area (Å²) >= 11 is 0. The molecule has 0 radical (unpaired) electrons. The summed E-state index contributed by atoms with van der Waals surface area (Å²) in [5, 5.41) is 21.5. The molecule has 3 N–H and O–H groups in total. The van der Waals surface area contributed by atoms with Gasteiger partial charge in [-0.05, 0) is 19.4 Å². The number of aliphatic hydroxyl groups excluding tert-OH is 2. The maximum Gasteiger partial charge on any atom is 0.130 e. The Hall–Kier alpha value is -1.20. The Morgan fingerprint density at radius 1 is 1.40 bits per heavy atom. The summed E-state index contributed by atoms with van der Waals surface area (Å²) in [4.78, 5) is 8.13. The summed E-state index contributed by atoms with van der Waals surface area (Å²) in [6.45, 7) is 3.41. The van der Waals surface area contributed by atoms with E-state index in [2.05, 4.69) is 15.3 Å². The van der Waals surface area contributed by atoms with Gasteiger partial charge < -0.3 is 15.5 Å². The molecule has 1 aromatic rings. The summed E-state index contributed by atoms with van der Waals surface area (Å²) in [7, 11) is 0. The molecule has 0 fully saturated rings. The van der Waals surface area contributed by atoms with Crippen LogP contribution in [0.4, 0.5) is 5.82 Å². The third-order valence-electron chi connectivity index (χ3n) is 2.45. The molecule has 1 heterocycles. The number of hydrogen-bond acceptors (Lipinski definition) is 5. The fourth-order valence-corrected chi connectivity index (χ4v) is 1.24. The molecular formula is C10H17N3O2. The van der Waals surface area contributed by atoms with E-state index in [0.717, 1.165) is 0 Å². The van der Waals surface area contributed by atoms with Crippen molar-refractivity contribution in [3.05, 3.63) is 18.1 Å². The molecule has 5 nitrogen and oxygen atoms in total. The smallest absolute Gasteiger partial charge is 0.130 e. The molecule has 0 amide bonds. The van der Waals surface area contributed by atoms with Crippen LogP contribution in [0, 0.1) is 6.92 Å². The van der Waals surface area contributed by atoms with Gasteiger partial charge in [-0.3, -0.25) is 0 Å². The molecule has 15 heavy (non-hydrogen) atoms. The highest BCUT2D eigenvalue weighted by Gasteiger charge is 2.26. The highest BCUT2D eigenvalue weighted by Crippen LogP contribution is 2.15. The molecule has 0 aliphatic carbocycles. The highest BCUT2D eigenvalue weighted by atomic mass is 16.3. The molecule has 1 rings (SSSR count). The van der Waals surface area contributed by atoms with Gasteiger partial charge >= 0.3 is 0 Å². The molecule has 0 bridgehead atoms. The number of rotatable bonds is 5. The van der Waals surface area contributed by atoms with Gasteiger partial charge in [0, 0.05) is 6.20 Å². The van der Waals surface area contributed by atoms with E-state index in [0.29, 0.717) is 18.1 Å². The van der Waals surface area contributed by atoms with Crippen LogP contribution in [-0.2, 0) is 0 Å². The molecule has 0 aliphatic heterocycles. The van der Waals surface area contributed by atoms with E-state index < -0.39 is 5.54 Å². The molecule has 0 saturated heterocycles. The molecule has 0 aromatic carbocycles. The lowest BCUT2D eigenvalue weighted by atomic mass is 9.98. The Morgan fingerprint density at radius 2 is 2.07 bits per heavy atom. The Kier molecular flexibility index (Phi) is 3.99. The fraction of sp³-hybridized carbons (Fsp3) is 0.600. The molecular weight excluding hydrogens is 194 g/mol. The molecule has 0 spiro atoms. The van der Waals surface area contributed by atoms with Gasteiger partial charge in [0.25, 0.3) is 0 Å². The maximum absolute atomic E-state index is 9.24. The molecule has 0 atom stereocenters. The average Bonchev–Trinajstić information content (AvgIpc) is 2.26. The number of aryl methyl sites for hydroxylation is 1. The molecule has 1 aromatic heterocycles. The van der Waals surface area contributed by atoms with E-state index >= 15 is 0 Å². The number of hydrogen-bond donors (Lipinski definition) is 3. The number of aromatic nitrogens is 2. The van der Waals surface area contributed by atoms with Crippen molar-refractivity contribution in [2.45, 2.75) is 25.8 Å². The van der Waals surface area contributed by atoms with E-state index in [1.54, 1.807) is 19.2 Å². The Labute approximate surface area is 89.2 Å². The van der Waals surface area contributed by atoms with Crippen molar-refractivity contribution in [3.8, 4) is 0 Å². The molecule has 0 saturated carbocycles. The largest absolute Gasteiger partial charge is 0.394 e. The first-order valence-electron chi connectivity index (χ1n) is 4.95. The highest BCUT2D eigenvalue weighted by molar-refractivity contribution is 5.36. The van der Waals surface area contributed by atoms with Gasteiger partial charge in [0.15, 0.2) is 0 Å². The van der Waals surface area contributed by atoms with Crippen molar-refractivity contribution < 1.29 is 10.2 Å². The standard InChI is InChI=1S/C10H17N3O2/c1-3-10(6-14,7-15)13-9-4-5-11-8(2)12-9/h4-5,14-15H,3,6-7H2,1-2H3,(H,11,12,13). The van der Waals surface area contributed by atoms with Crippen LogP contribution in [0.15, 0.2) is 12.3 Å². The maximum atomic E-state index is 9.24. The van der Waals surface area contributed by atoms with E-state index in [-0.39, 0.29) is 13.2 Å². The number of aliphatic hydroxyl groups is 2. The second-order valence-corrected chi connectivity index (χ2v) is 3.56. The van der Waals surface area contributed by atoms with Crippen molar-refractivity contribution in [2.24, 2.45) is 0 Å². The van der Waals surface area contributed by atoms with Gasteiger partial charge in [-0.15, -0.1) is 0 Å². The lowest BCUT2D eigenvalue weighted by Crippen LogP contribution is -2.45. The van der Waals surface area contributed by atoms with E-state index in [1.807, 2.05) is 6.92 Å². The molecule has 5 heteroatoms. The van der Waals surface area contributed by atoms with Crippen LogP contribution in [0.1, 0.15) is 19.2 Å². The minimum Gasteiger partial charge on any atom is -0.394 e. The average molecular weight is 211 g/mol. The minimum absolute atomic E-state index is 0.136. The summed E-state index contributed by atoms with van der Waals surface area (Å²) < 4.78 is 0. The van der Waals surface area contributed by atoms with Gasteiger partial charge in [0.05, 0.1) is 18.8 Å². The molecule has 84 valence electrons. The second kappa shape index (κ2) is 5.04. The number of nitrogens with zero attached hydrogens (tertiary/aromatic N) is 2. The summed E-state index contributed by atoms with van der Waals surface area (Å²) in [6, 6.07) is 1.71. The van der Waals surface area contributed by atoms with Crippen LogP contribution >= 0.6 is 0 Å². The Morgan fingerprint density at radius 3 is 2.53 bits per heavy atom. The third-order valence-corrected chi connectivity index (χ3v) is 2.45. The van der Waals surface area contributed by atoms with E-state index in [4.69, 9.17) is 0 Å². The predicted molar refractivity (Wildman–Crippen MR) is 57.6 cm³/mol. The zero-order chi connectivity index (χ0) is 11.3. The van der Waals surface area contributed by atoms with Crippen LogP contribution in [0.3, 0.4) is 0 Å². The summed E-state index contributed by atoms with van der Waals surface area (Å²) in [5.74, 6) is 1.27. The van der Waals surface area contributed by atoms with Crippen LogP contribution in [0.5, 0.6) is 0 Å². The van der Waals surface area contributed by atoms with E-state index in [9.17, 15) is 10.2 Å². The van der Waals surface area contributed by atoms with Gasteiger partial charge in [0.2, 0.25) is 0 Å². The number of anilines is 1. The lowest BCUT2D eigenvalue weighted by molar-refractivity contribution is 0.132. The predicted octanol–water partition coefficient (Wildman–Crippen LogP) is 0.330. The van der Waals surface area contributed by atoms with Crippen LogP contribution in [0.2, 0.25) is 0 Å². The third kappa shape index (κ3) is 2.87. The fourth-order valence-electron chi connectivity index (χ4n) is 1.24. The SMILES string of the molecule is CCC(CO)(CO)Nc1ccnc(C)n1. The first-order valence-corrected chi connectivity index (χ1v) is 4.95. The zero-order valence-electron chi connectivity index (χ0n) is 9.06.